The van der Waals surface area contributed by atoms with Crippen molar-refractivity contribution < 1.29 is 4.79 Å². The number of carbonyl (C=O) groups is 1. The molecule has 0 aliphatic heterocycles. The number of aryl methyl sites for hydroxylation is 1. The number of amides is 1. The van der Waals surface area contributed by atoms with E-state index in [-0.39, 0.29) is 5.91 Å². The molecule has 6 heteroatoms. The Morgan fingerprint density at radius 3 is 2.88 bits per heavy atom. The van der Waals surface area contributed by atoms with Crippen molar-refractivity contribution in [1.29, 1.82) is 0 Å². The van der Waals surface area contributed by atoms with Gasteiger partial charge >= 0.3 is 0 Å². The number of anilines is 1. The van der Waals surface area contributed by atoms with Crippen LogP contribution in [0.15, 0.2) is 24.3 Å². The molecule has 0 radical (unpaired) electrons. The van der Waals surface area contributed by atoms with Crippen LogP contribution in [0.4, 0.5) is 5.69 Å². The number of carbonyl (C=O) groups excluding carboxylic acids is 1. The van der Waals surface area contributed by atoms with Crippen LogP contribution < -0.4 is 5.32 Å². The summed E-state index contributed by atoms with van der Waals surface area (Å²) in [5, 5.41) is 7.38. The first-order valence-corrected chi connectivity index (χ1v) is 6.86. The Morgan fingerprint density at radius 2 is 2.24 bits per heavy atom. The molecule has 1 heterocycles. The largest absolute Gasteiger partial charge is 0.321 e. The van der Waals surface area contributed by atoms with Crippen LogP contribution in [0.5, 0.6) is 0 Å². The van der Waals surface area contributed by atoms with Crippen molar-refractivity contribution in [3.05, 3.63) is 40.4 Å². The lowest BCUT2D eigenvalue weighted by Gasteiger charge is -2.07. The van der Waals surface area contributed by atoms with Crippen molar-refractivity contribution >= 4 is 39.1 Å². The molecular formula is C11H10BrN3OS. The molecule has 0 unspecified atom stereocenters. The van der Waals surface area contributed by atoms with E-state index in [1.165, 1.54) is 0 Å². The smallest absolute Gasteiger partial charge is 0.269 e. The van der Waals surface area contributed by atoms with Gasteiger partial charge in [0.1, 0.15) is 4.88 Å². The highest BCUT2D eigenvalue weighted by Crippen LogP contribution is 2.20. The molecule has 0 saturated carbocycles. The molecule has 1 aromatic heterocycles. The van der Waals surface area contributed by atoms with Crippen molar-refractivity contribution in [3.8, 4) is 0 Å². The zero-order valence-electron chi connectivity index (χ0n) is 9.11. The number of rotatable bonds is 3. The van der Waals surface area contributed by atoms with Gasteiger partial charge in [-0.05, 0) is 30.1 Å². The minimum atomic E-state index is -0.161. The first-order valence-electron chi connectivity index (χ1n) is 4.96. The van der Waals surface area contributed by atoms with Crippen LogP contribution in [-0.2, 0) is 5.33 Å². The third kappa shape index (κ3) is 2.70. The molecule has 1 aromatic carbocycles. The van der Waals surface area contributed by atoms with Gasteiger partial charge in [-0.2, -0.15) is 0 Å². The molecule has 0 fully saturated rings. The third-order valence-corrected chi connectivity index (χ3v) is 3.70. The Morgan fingerprint density at radius 1 is 1.47 bits per heavy atom. The van der Waals surface area contributed by atoms with Crippen molar-refractivity contribution in [2.75, 3.05) is 5.32 Å². The van der Waals surface area contributed by atoms with Crippen LogP contribution in [0.25, 0.3) is 0 Å². The van der Waals surface area contributed by atoms with Crippen LogP contribution in [0.1, 0.15) is 20.9 Å². The zero-order chi connectivity index (χ0) is 12.3. The molecule has 0 bridgehead atoms. The van der Waals surface area contributed by atoms with Gasteiger partial charge in [0.15, 0.2) is 0 Å². The maximum atomic E-state index is 12.0. The van der Waals surface area contributed by atoms with Crippen LogP contribution in [0.3, 0.4) is 0 Å². The highest BCUT2D eigenvalue weighted by molar-refractivity contribution is 9.08. The van der Waals surface area contributed by atoms with Crippen molar-refractivity contribution in [2.45, 2.75) is 12.3 Å². The molecule has 4 nitrogen and oxygen atoms in total. The predicted molar refractivity (Wildman–Crippen MR) is 71.7 cm³/mol. The van der Waals surface area contributed by atoms with Gasteiger partial charge in [-0.25, -0.2) is 0 Å². The lowest BCUT2D eigenvalue weighted by Crippen LogP contribution is -2.12. The minimum Gasteiger partial charge on any atom is -0.321 e. The normalized spacial score (nSPS) is 10.2. The molecule has 0 aliphatic carbocycles. The van der Waals surface area contributed by atoms with Crippen LogP contribution >= 0.6 is 27.5 Å². The molecule has 0 saturated heterocycles. The average Bonchev–Trinajstić information content (AvgIpc) is 2.76. The SMILES string of the molecule is Cc1nnsc1C(=O)Nc1ccccc1CBr. The van der Waals surface area contributed by atoms with Crippen molar-refractivity contribution in [1.82, 2.24) is 9.59 Å². The molecular weight excluding hydrogens is 302 g/mol. The van der Waals surface area contributed by atoms with Gasteiger partial charge in [0.25, 0.3) is 5.91 Å². The topological polar surface area (TPSA) is 54.9 Å². The van der Waals surface area contributed by atoms with Gasteiger partial charge in [-0.1, -0.05) is 38.6 Å². The summed E-state index contributed by atoms with van der Waals surface area (Å²) in [5.41, 5.74) is 2.50. The summed E-state index contributed by atoms with van der Waals surface area (Å²) in [4.78, 5) is 12.5. The fourth-order valence-electron chi connectivity index (χ4n) is 1.38. The first kappa shape index (κ1) is 12.2. The summed E-state index contributed by atoms with van der Waals surface area (Å²) in [6.45, 7) is 1.77. The second-order valence-electron chi connectivity index (χ2n) is 3.43. The predicted octanol–water partition coefficient (Wildman–Crippen LogP) is 2.99. The van der Waals surface area contributed by atoms with Crippen LogP contribution in [0.2, 0.25) is 0 Å². The zero-order valence-corrected chi connectivity index (χ0v) is 11.5. The highest BCUT2D eigenvalue weighted by atomic mass is 79.9. The minimum absolute atomic E-state index is 0.161. The highest BCUT2D eigenvalue weighted by Gasteiger charge is 2.14. The Kier molecular flexibility index (Phi) is 3.86. The second kappa shape index (κ2) is 5.37. The monoisotopic (exact) mass is 311 g/mol. The van der Waals surface area contributed by atoms with Gasteiger partial charge < -0.3 is 5.32 Å². The fourth-order valence-corrected chi connectivity index (χ4v) is 2.42. The molecule has 0 atom stereocenters. The van der Waals surface area contributed by atoms with E-state index < -0.39 is 0 Å². The number of benzene rings is 1. The van der Waals surface area contributed by atoms with Gasteiger partial charge in [0, 0.05) is 11.0 Å². The molecule has 2 rings (SSSR count). The summed E-state index contributed by atoms with van der Waals surface area (Å²) in [6, 6.07) is 7.66. The van der Waals surface area contributed by atoms with Gasteiger partial charge in [-0.15, -0.1) is 5.10 Å². The van der Waals surface area contributed by atoms with E-state index >= 15 is 0 Å². The van der Waals surface area contributed by atoms with Gasteiger partial charge in [-0.3, -0.25) is 4.79 Å². The van der Waals surface area contributed by atoms with E-state index in [2.05, 4.69) is 30.8 Å². The maximum Gasteiger partial charge on any atom is 0.269 e. The van der Waals surface area contributed by atoms with E-state index in [1.54, 1.807) is 6.92 Å². The molecule has 1 N–H and O–H groups in total. The van der Waals surface area contributed by atoms with Crippen LogP contribution in [-0.4, -0.2) is 15.5 Å². The fraction of sp³-hybridized carbons (Fsp3) is 0.182. The number of alkyl halides is 1. The quantitative estimate of drug-likeness (QED) is 0.887. The Labute approximate surface area is 111 Å². The molecule has 0 spiro atoms. The number of hydrogen-bond acceptors (Lipinski definition) is 4. The second-order valence-corrected chi connectivity index (χ2v) is 4.75. The van der Waals surface area contributed by atoms with E-state index in [0.29, 0.717) is 15.9 Å². The van der Waals surface area contributed by atoms with Crippen LogP contribution in [0, 0.1) is 6.92 Å². The van der Waals surface area contributed by atoms with E-state index in [4.69, 9.17) is 0 Å². The summed E-state index contributed by atoms with van der Waals surface area (Å²) in [6.07, 6.45) is 0. The number of para-hydroxylation sites is 1. The number of hydrogen-bond donors (Lipinski definition) is 1. The van der Waals surface area contributed by atoms with Gasteiger partial charge in [0.05, 0.1) is 5.69 Å². The average molecular weight is 312 g/mol. The summed E-state index contributed by atoms with van der Waals surface area (Å²) >= 11 is 4.49. The van der Waals surface area contributed by atoms with E-state index in [1.807, 2.05) is 24.3 Å². The number of nitrogens with zero attached hydrogens (tertiary/aromatic N) is 2. The van der Waals surface area contributed by atoms with Crippen molar-refractivity contribution in [2.24, 2.45) is 0 Å². The molecule has 0 aliphatic rings. The number of aromatic nitrogens is 2. The number of nitrogens with one attached hydrogen (secondary N) is 1. The number of halogens is 1. The summed E-state index contributed by atoms with van der Waals surface area (Å²) in [7, 11) is 0. The maximum absolute atomic E-state index is 12.0. The standard InChI is InChI=1S/C11H10BrN3OS/c1-7-10(17-15-14-7)11(16)13-9-5-3-2-4-8(9)6-12/h2-5H,6H2,1H3,(H,13,16). The Balaban J connectivity index is 2.22. The van der Waals surface area contributed by atoms with E-state index in [0.717, 1.165) is 22.8 Å². The van der Waals surface area contributed by atoms with E-state index in [9.17, 15) is 4.79 Å². The third-order valence-electron chi connectivity index (χ3n) is 2.27. The molecule has 88 valence electrons. The first-order chi connectivity index (χ1) is 8.22. The Hall–Kier alpha value is -1.27. The summed E-state index contributed by atoms with van der Waals surface area (Å²) < 4.78 is 3.75. The summed E-state index contributed by atoms with van der Waals surface area (Å²) in [5.74, 6) is -0.161. The lowest BCUT2D eigenvalue weighted by molar-refractivity contribution is 0.102. The molecule has 1 amide bonds. The van der Waals surface area contributed by atoms with Crippen molar-refractivity contribution in [3.63, 3.8) is 0 Å². The van der Waals surface area contributed by atoms with Gasteiger partial charge in [0.2, 0.25) is 0 Å². The Bertz CT molecular complexity index is 541. The lowest BCUT2D eigenvalue weighted by atomic mass is 10.2. The molecule has 2 aromatic rings. The molecule has 17 heavy (non-hydrogen) atoms.